The molecule has 0 bridgehead atoms. The number of carbonyl (C=O) groups excluding carboxylic acids is 1. The first-order chi connectivity index (χ1) is 8.95. The molecule has 0 spiro atoms. The fourth-order valence-corrected chi connectivity index (χ4v) is 2.30. The lowest BCUT2D eigenvalue weighted by Crippen LogP contribution is -2.09. The number of aromatic nitrogens is 1. The number of rotatable bonds is 4. The molecule has 0 radical (unpaired) electrons. The maximum Gasteiger partial charge on any atom is 0.416 e. The molecule has 0 saturated carbocycles. The monoisotopic (exact) mass is 285 g/mol. The summed E-state index contributed by atoms with van der Waals surface area (Å²) in [5.41, 5.74) is -0.358. The van der Waals surface area contributed by atoms with Crippen LogP contribution in [0.15, 0.2) is 35.8 Å². The largest absolute Gasteiger partial charge is 0.416 e. The van der Waals surface area contributed by atoms with Gasteiger partial charge in [0, 0.05) is 18.0 Å². The molecule has 100 valence electrons. The standard InChI is InChI=1S/C13H10F3NOS/c14-13(15,16)10-3-1-2-9(6-10)7-11(18)8-12-17-4-5-19-12/h1-6H,7-8H2. The zero-order valence-electron chi connectivity index (χ0n) is 9.78. The van der Waals surface area contributed by atoms with E-state index in [4.69, 9.17) is 0 Å². The molecule has 2 aromatic rings. The van der Waals surface area contributed by atoms with Gasteiger partial charge in [-0.1, -0.05) is 18.2 Å². The molecule has 0 saturated heterocycles. The Kier molecular flexibility index (Phi) is 3.99. The molecule has 0 unspecified atom stereocenters. The first kappa shape index (κ1) is 13.7. The molecule has 19 heavy (non-hydrogen) atoms. The molecule has 0 aliphatic carbocycles. The zero-order chi connectivity index (χ0) is 13.9. The van der Waals surface area contributed by atoms with E-state index in [2.05, 4.69) is 4.98 Å². The Labute approximate surface area is 111 Å². The van der Waals surface area contributed by atoms with Crippen molar-refractivity contribution in [3.8, 4) is 0 Å². The van der Waals surface area contributed by atoms with E-state index in [1.165, 1.54) is 23.5 Å². The number of alkyl halides is 3. The van der Waals surface area contributed by atoms with Gasteiger partial charge in [-0.15, -0.1) is 11.3 Å². The molecule has 1 aromatic heterocycles. The van der Waals surface area contributed by atoms with Gasteiger partial charge in [-0.2, -0.15) is 13.2 Å². The normalized spacial score (nSPS) is 11.5. The Hall–Kier alpha value is -1.69. The van der Waals surface area contributed by atoms with Gasteiger partial charge in [0.25, 0.3) is 0 Å². The first-order valence-electron chi connectivity index (χ1n) is 5.51. The molecule has 0 N–H and O–H groups in total. The van der Waals surface area contributed by atoms with Gasteiger partial charge in [-0.05, 0) is 11.6 Å². The number of thiazole rings is 1. The number of carbonyl (C=O) groups is 1. The van der Waals surface area contributed by atoms with Crippen molar-refractivity contribution in [3.63, 3.8) is 0 Å². The van der Waals surface area contributed by atoms with E-state index in [1.807, 2.05) is 0 Å². The number of benzene rings is 1. The van der Waals surface area contributed by atoms with Crippen LogP contribution in [0.2, 0.25) is 0 Å². The minimum absolute atomic E-state index is 0.0104. The summed E-state index contributed by atoms with van der Waals surface area (Å²) in [6.45, 7) is 0. The SMILES string of the molecule is O=C(Cc1cccc(C(F)(F)F)c1)Cc1nccs1. The number of nitrogens with zero attached hydrogens (tertiary/aromatic N) is 1. The third-order valence-corrected chi connectivity index (χ3v) is 3.27. The molecular formula is C13H10F3NOS. The summed E-state index contributed by atoms with van der Waals surface area (Å²) in [7, 11) is 0. The number of halogens is 3. The van der Waals surface area contributed by atoms with E-state index in [1.54, 1.807) is 11.6 Å². The van der Waals surface area contributed by atoms with Crippen molar-refractivity contribution in [2.45, 2.75) is 19.0 Å². The molecule has 0 aliphatic heterocycles. The molecule has 2 rings (SSSR count). The molecule has 1 heterocycles. The second-order valence-corrected chi connectivity index (χ2v) is 5.00. The quantitative estimate of drug-likeness (QED) is 0.860. The van der Waals surface area contributed by atoms with Gasteiger partial charge < -0.3 is 0 Å². The summed E-state index contributed by atoms with van der Waals surface area (Å²) >= 11 is 1.36. The Morgan fingerprint density at radius 1 is 1.26 bits per heavy atom. The number of hydrogen-bond donors (Lipinski definition) is 0. The summed E-state index contributed by atoms with van der Waals surface area (Å²) in [5.74, 6) is -0.144. The topological polar surface area (TPSA) is 30.0 Å². The lowest BCUT2D eigenvalue weighted by atomic mass is 10.0. The lowest BCUT2D eigenvalue weighted by molar-refractivity contribution is -0.137. The zero-order valence-corrected chi connectivity index (χ0v) is 10.6. The first-order valence-corrected chi connectivity index (χ1v) is 6.39. The van der Waals surface area contributed by atoms with Crippen molar-refractivity contribution in [1.29, 1.82) is 0 Å². The van der Waals surface area contributed by atoms with E-state index in [9.17, 15) is 18.0 Å². The van der Waals surface area contributed by atoms with E-state index >= 15 is 0 Å². The third-order valence-electron chi connectivity index (χ3n) is 2.49. The Morgan fingerprint density at radius 3 is 2.68 bits per heavy atom. The summed E-state index contributed by atoms with van der Waals surface area (Å²) in [4.78, 5) is 15.7. The average Bonchev–Trinajstić information content (AvgIpc) is 2.80. The maximum atomic E-state index is 12.5. The van der Waals surface area contributed by atoms with Gasteiger partial charge in [0.1, 0.15) is 5.78 Å². The van der Waals surface area contributed by atoms with Crippen molar-refractivity contribution < 1.29 is 18.0 Å². The summed E-state index contributed by atoms with van der Waals surface area (Å²) in [6.07, 6.45) is -2.64. The van der Waals surface area contributed by atoms with Crippen LogP contribution in [0, 0.1) is 0 Å². The lowest BCUT2D eigenvalue weighted by Gasteiger charge is -2.08. The third kappa shape index (κ3) is 3.89. The van der Waals surface area contributed by atoms with Gasteiger partial charge in [-0.25, -0.2) is 4.98 Å². The van der Waals surface area contributed by atoms with E-state index in [0.29, 0.717) is 10.6 Å². The Bertz CT molecular complexity index is 564. The number of hydrogen-bond acceptors (Lipinski definition) is 3. The van der Waals surface area contributed by atoms with Crippen LogP contribution in [0.4, 0.5) is 13.2 Å². The smallest absolute Gasteiger partial charge is 0.299 e. The predicted octanol–water partition coefficient (Wildman–Crippen LogP) is 3.52. The summed E-state index contributed by atoms with van der Waals surface area (Å²) < 4.78 is 37.6. The molecular weight excluding hydrogens is 275 g/mol. The highest BCUT2D eigenvalue weighted by atomic mass is 32.1. The maximum absolute atomic E-state index is 12.5. The molecule has 6 heteroatoms. The van der Waals surface area contributed by atoms with Crippen LogP contribution < -0.4 is 0 Å². The van der Waals surface area contributed by atoms with Crippen LogP contribution in [-0.4, -0.2) is 10.8 Å². The highest BCUT2D eigenvalue weighted by Gasteiger charge is 2.30. The summed E-state index contributed by atoms with van der Waals surface area (Å²) in [5, 5.41) is 2.43. The van der Waals surface area contributed by atoms with Crippen molar-refractivity contribution in [2.75, 3.05) is 0 Å². The second-order valence-electron chi connectivity index (χ2n) is 4.02. The van der Waals surface area contributed by atoms with Crippen LogP contribution in [0.3, 0.4) is 0 Å². The molecule has 0 amide bonds. The second kappa shape index (κ2) is 5.52. The van der Waals surface area contributed by atoms with Gasteiger partial charge in [0.05, 0.1) is 17.0 Å². The van der Waals surface area contributed by atoms with Crippen LogP contribution in [0.25, 0.3) is 0 Å². The average molecular weight is 285 g/mol. The van der Waals surface area contributed by atoms with Gasteiger partial charge in [0.2, 0.25) is 0 Å². The Balaban J connectivity index is 2.05. The van der Waals surface area contributed by atoms with Gasteiger partial charge in [-0.3, -0.25) is 4.79 Å². The van der Waals surface area contributed by atoms with Gasteiger partial charge in [0.15, 0.2) is 0 Å². The van der Waals surface area contributed by atoms with Gasteiger partial charge >= 0.3 is 6.18 Å². The molecule has 0 aliphatic rings. The van der Waals surface area contributed by atoms with Crippen molar-refractivity contribution in [1.82, 2.24) is 4.98 Å². The molecule has 2 nitrogen and oxygen atoms in total. The van der Waals surface area contributed by atoms with Crippen molar-refractivity contribution >= 4 is 17.1 Å². The molecule has 1 aromatic carbocycles. The van der Waals surface area contributed by atoms with Crippen molar-refractivity contribution in [3.05, 3.63) is 52.0 Å². The highest BCUT2D eigenvalue weighted by molar-refractivity contribution is 7.09. The van der Waals surface area contributed by atoms with E-state index in [-0.39, 0.29) is 18.6 Å². The van der Waals surface area contributed by atoms with Crippen LogP contribution in [0.1, 0.15) is 16.1 Å². The van der Waals surface area contributed by atoms with Crippen LogP contribution in [-0.2, 0) is 23.8 Å². The minimum Gasteiger partial charge on any atom is -0.299 e. The summed E-state index contributed by atoms with van der Waals surface area (Å²) in [6, 6.07) is 4.85. The van der Waals surface area contributed by atoms with Crippen molar-refractivity contribution in [2.24, 2.45) is 0 Å². The molecule has 0 atom stereocenters. The minimum atomic E-state index is -4.38. The Morgan fingerprint density at radius 2 is 2.05 bits per heavy atom. The highest BCUT2D eigenvalue weighted by Crippen LogP contribution is 2.29. The van der Waals surface area contributed by atoms with E-state index < -0.39 is 11.7 Å². The number of Topliss-reactive ketones (excluding diaryl/α,β-unsaturated/α-hetero) is 1. The number of ketones is 1. The van der Waals surface area contributed by atoms with Crippen LogP contribution >= 0.6 is 11.3 Å². The fraction of sp³-hybridized carbons (Fsp3) is 0.231. The van der Waals surface area contributed by atoms with Crippen LogP contribution in [0.5, 0.6) is 0 Å². The predicted molar refractivity (Wildman–Crippen MR) is 66.0 cm³/mol. The van der Waals surface area contributed by atoms with E-state index in [0.717, 1.165) is 12.1 Å². The fourth-order valence-electron chi connectivity index (χ4n) is 1.66. The molecule has 0 fully saturated rings.